The number of pyridine rings is 1. The molecule has 2 aliphatic heterocycles. The number of hydrogen-bond donors (Lipinski definition) is 2. The summed E-state index contributed by atoms with van der Waals surface area (Å²) in [6.45, 7) is 9.51. The minimum atomic E-state index is 0.0331. The number of aliphatic imine (C=N–C) groups is 1. The summed E-state index contributed by atoms with van der Waals surface area (Å²) < 4.78 is 0. The number of aryl methyl sites for hydroxylation is 1. The zero-order valence-corrected chi connectivity index (χ0v) is 12.7. The van der Waals surface area contributed by atoms with E-state index in [4.69, 9.17) is 4.98 Å². The number of nitrogens with zero attached hydrogens (tertiary/aromatic N) is 2. The maximum atomic E-state index is 4.89. The molecule has 0 radical (unpaired) electrons. The smallest absolute Gasteiger partial charge is 0.129 e. The molecule has 0 bridgehead atoms. The minimum Gasteiger partial charge on any atom is -0.374 e. The Morgan fingerprint density at radius 1 is 1.25 bits per heavy atom. The fraction of sp³-hybridized carbons (Fsp3) is 0.625. The average Bonchev–Trinajstić information content (AvgIpc) is 2.47. The van der Waals surface area contributed by atoms with Crippen molar-refractivity contribution in [1.82, 2.24) is 10.3 Å². The Morgan fingerprint density at radius 3 is 2.85 bits per heavy atom. The van der Waals surface area contributed by atoms with Crippen molar-refractivity contribution in [2.75, 3.05) is 25.0 Å². The molecule has 0 spiro atoms. The summed E-state index contributed by atoms with van der Waals surface area (Å²) in [6.07, 6.45) is 2.35. The van der Waals surface area contributed by atoms with Gasteiger partial charge in [0, 0.05) is 36.7 Å². The number of aromatic nitrogens is 1. The van der Waals surface area contributed by atoms with E-state index in [1.165, 1.54) is 17.7 Å². The molecule has 0 aliphatic carbocycles. The highest BCUT2D eigenvalue weighted by Crippen LogP contribution is 2.33. The molecule has 3 rings (SSSR count). The molecule has 0 saturated heterocycles. The minimum absolute atomic E-state index is 0.0331. The van der Waals surface area contributed by atoms with Crippen molar-refractivity contribution >= 4 is 11.7 Å². The van der Waals surface area contributed by atoms with Gasteiger partial charge in [-0.05, 0) is 31.4 Å². The zero-order valence-electron chi connectivity index (χ0n) is 12.7. The van der Waals surface area contributed by atoms with Crippen molar-refractivity contribution in [3.05, 3.63) is 23.4 Å². The first-order chi connectivity index (χ1) is 9.57. The maximum absolute atomic E-state index is 4.89. The highest BCUT2D eigenvalue weighted by molar-refractivity contribution is 5.80. The predicted molar refractivity (Wildman–Crippen MR) is 83.5 cm³/mol. The number of amidine groups is 1. The lowest BCUT2D eigenvalue weighted by atomic mass is 9.75. The molecule has 4 nitrogen and oxygen atoms in total. The summed E-state index contributed by atoms with van der Waals surface area (Å²) in [4.78, 5) is 9.44. The quantitative estimate of drug-likeness (QED) is 0.869. The molecule has 0 fully saturated rings. The molecule has 1 aromatic heterocycles. The molecule has 0 amide bonds. The summed E-state index contributed by atoms with van der Waals surface area (Å²) in [5.41, 5.74) is 2.56. The second-order valence-electron chi connectivity index (χ2n) is 6.46. The van der Waals surface area contributed by atoms with E-state index in [-0.39, 0.29) is 5.41 Å². The lowest BCUT2D eigenvalue weighted by Gasteiger charge is -2.36. The Balaban J connectivity index is 1.87. The van der Waals surface area contributed by atoms with Crippen LogP contribution in [0.5, 0.6) is 0 Å². The van der Waals surface area contributed by atoms with Crippen LogP contribution < -0.4 is 10.6 Å². The van der Waals surface area contributed by atoms with E-state index >= 15 is 0 Å². The van der Waals surface area contributed by atoms with Gasteiger partial charge >= 0.3 is 0 Å². The third-order valence-electron chi connectivity index (χ3n) is 4.73. The number of anilines is 1. The third-order valence-corrected chi connectivity index (χ3v) is 4.73. The number of fused-ring (bicyclic) bond motifs is 1. The summed E-state index contributed by atoms with van der Waals surface area (Å²) in [6, 6.07) is 4.45. The molecule has 2 N–H and O–H groups in total. The molecule has 20 heavy (non-hydrogen) atoms. The summed E-state index contributed by atoms with van der Waals surface area (Å²) in [5.74, 6) is 2.63. The number of hydrogen-bond acceptors (Lipinski definition) is 4. The molecule has 3 heterocycles. The van der Waals surface area contributed by atoms with Crippen LogP contribution in [0.2, 0.25) is 0 Å². The molecule has 0 saturated carbocycles. The molecule has 108 valence electrons. The molecule has 1 aromatic rings. The van der Waals surface area contributed by atoms with E-state index in [0.29, 0.717) is 5.92 Å². The van der Waals surface area contributed by atoms with Crippen LogP contribution in [0.3, 0.4) is 0 Å². The number of rotatable bonds is 2. The Labute approximate surface area is 121 Å². The van der Waals surface area contributed by atoms with Crippen LogP contribution in [-0.2, 0) is 11.8 Å². The van der Waals surface area contributed by atoms with E-state index in [1.54, 1.807) is 0 Å². The van der Waals surface area contributed by atoms with Gasteiger partial charge in [-0.25, -0.2) is 4.98 Å². The largest absolute Gasteiger partial charge is 0.374 e. The van der Waals surface area contributed by atoms with Crippen molar-refractivity contribution < 1.29 is 0 Å². The van der Waals surface area contributed by atoms with E-state index in [9.17, 15) is 0 Å². The van der Waals surface area contributed by atoms with Gasteiger partial charge in [0.05, 0.1) is 5.84 Å². The summed E-state index contributed by atoms with van der Waals surface area (Å²) in [5, 5.41) is 6.81. The van der Waals surface area contributed by atoms with E-state index in [0.717, 1.165) is 37.7 Å². The molecule has 1 atom stereocenters. The monoisotopic (exact) mass is 272 g/mol. The first-order valence-corrected chi connectivity index (χ1v) is 7.56. The van der Waals surface area contributed by atoms with Gasteiger partial charge in [-0.15, -0.1) is 0 Å². The highest BCUT2D eigenvalue weighted by atomic mass is 15.0. The van der Waals surface area contributed by atoms with E-state index < -0.39 is 0 Å². The van der Waals surface area contributed by atoms with Gasteiger partial charge in [-0.3, -0.25) is 4.99 Å². The Morgan fingerprint density at radius 2 is 2.10 bits per heavy atom. The molecule has 4 heteroatoms. The lowest BCUT2D eigenvalue weighted by Crippen LogP contribution is -2.44. The first-order valence-electron chi connectivity index (χ1n) is 7.56. The summed E-state index contributed by atoms with van der Waals surface area (Å²) >= 11 is 0. The van der Waals surface area contributed by atoms with Crippen LogP contribution in [0.25, 0.3) is 0 Å². The van der Waals surface area contributed by atoms with Gasteiger partial charge in [-0.2, -0.15) is 0 Å². The lowest BCUT2D eigenvalue weighted by molar-refractivity contribution is 0.309. The molecule has 1 unspecified atom stereocenters. The van der Waals surface area contributed by atoms with Crippen LogP contribution in [0, 0.1) is 5.92 Å². The van der Waals surface area contributed by atoms with Gasteiger partial charge in [0.15, 0.2) is 0 Å². The SMILES string of the molecule is CC1=NCC(C(C)(C)c2ccc3c(n2)NCCC3)CN1. The molecular formula is C16H24N4. The number of nitrogens with one attached hydrogen (secondary N) is 2. The van der Waals surface area contributed by atoms with Gasteiger partial charge in [0.2, 0.25) is 0 Å². The van der Waals surface area contributed by atoms with Crippen molar-refractivity contribution in [1.29, 1.82) is 0 Å². The fourth-order valence-corrected chi connectivity index (χ4v) is 3.02. The third kappa shape index (κ3) is 2.39. The van der Waals surface area contributed by atoms with Gasteiger partial charge in [0.25, 0.3) is 0 Å². The topological polar surface area (TPSA) is 49.3 Å². The fourth-order valence-electron chi connectivity index (χ4n) is 3.02. The first kappa shape index (κ1) is 13.4. The van der Waals surface area contributed by atoms with Crippen LogP contribution in [0.15, 0.2) is 17.1 Å². The Hall–Kier alpha value is -1.58. The van der Waals surface area contributed by atoms with Crippen molar-refractivity contribution in [2.24, 2.45) is 10.9 Å². The Kier molecular flexibility index (Phi) is 3.40. The second-order valence-corrected chi connectivity index (χ2v) is 6.46. The Bertz CT molecular complexity index is 533. The molecule has 0 aromatic carbocycles. The van der Waals surface area contributed by atoms with Crippen LogP contribution >= 0.6 is 0 Å². The van der Waals surface area contributed by atoms with Gasteiger partial charge in [-0.1, -0.05) is 19.9 Å². The van der Waals surface area contributed by atoms with Crippen LogP contribution in [-0.4, -0.2) is 30.5 Å². The average molecular weight is 272 g/mol. The van der Waals surface area contributed by atoms with Crippen molar-refractivity contribution in [2.45, 2.75) is 39.0 Å². The van der Waals surface area contributed by atoms with E-state index in [1.807, 2.05) is 6.92 Å². The van der Waals surface area contributed by atoms with Crippen molar-refractivity contribution in [3.8, 4) is 0 Å². The van der Waals surface area contributed by atoms with Crippen LogP contribution in [0.1, 0.15) is 38.4 Å². The molecular weight excluding hydrogens is 248 g/mol. The maximum Gasteiger partial charge on any atom is 0.129 e. The van der Waals surface area contributed by atoms with Gasteiger partial charge < -0.3 is 10.6 Å². The normalized spacial score (nSPS) is 22.4. The van der Waals surface area contributed by atoms with Crippen molar-refractivity contribution in [3.63, 3.8) is 0 Å². The molecule has 2 aliphatic rings. The highest BCUT2D eigenvalue weighted by Gasteiger charge is 2.34. The predicted octanol–water partition coefficient (Wildman–Crippen LogP) is 2.36. The van der Waals surface area contributed by atoms with Crippen LogP contribution in [0.4, 0.5) is 5.82 Å². The second kappa shape index (κ2) is 5.08. The van der Waals surface area contributed by atoms with Gasteiger partial charge in [0.1, 0.15) is 5.82 Å². The standard InChI is InChI=1S/C16H24N4/c1-11-18-9-13(10-19-11)16(2,3)14-7-6-12-5-4-8-17-15(12)20-14/h6-7,13H,4-5,8-10H2,1-3H3,(H,17,20)(H,18,19). The van der Waals surface area contributed by atoms with E-state index in [2.05, 4.69) is 41.6 Å². The zero-order chi connectivity index (χ0) is 14.2. The summed E-state index contributed by atoms with van der Waals surface area (Å²) in [7, 11) is 0.